The standard InChI is InChI=1S/C18H23ClN4O2/c1-25-11-7-15-4-2-3-9-23(15)18(24)21-14-5-6-17(16(19)12-14)22-10-8-20-13-22/h5-6,8,10,12-13,15H,2-4,7,9,11H2,1H3,(H,21,24). The van der Waals surface area contributed by atoms with Gasteiger partial charge in [0.1, 0.15) is 0 Å². The molecule has 6 nitrogen and oxygen atoms in total. The molecule has 1 N–H and O–H groups in total. The van der Waals surface area contributed by atoms with Gasteiger partial charge in [-0.3, -0.25) is 0 Å². The van der Waals surface area contributed by atoms with E-state index in [9.17, 15) is 4.79 Å². The van der Waals surface area contributed by atoms with Crippen molar-refractivity contribution in [1.82, 2.24) is 14.5 Å². The molecule has 0 aliphatic carbocycles. The third-order valence-electron chi connectivity index (χ3n) is 4.52. The third-order valence-corrected chi connectivity index (χ3v) is 4.83. The SMILES string of the molecule is COCCC1CCCCN1C(=O)Nc1ccc(-n2ccnc2)c(Cl)c1. The van der Waals surface area contributed by atoms with Crippen molar-refractivity contribution in [2.24, 2.45) is 0 Å². The number of ether oxygens (including phenoxy) is 1. The summed E-state index contributed by atoms with van der Waals surface area (Å²) in [5.74, 6) is 0. The van der Waals surface area contributed by atoms with Crippen LogP contribution in [0.25, 0.3) is 5.69 Å². The first-order chi connectivity index (χ1) is 12.2. The molecule has 0 spiro atoms. The van der Waals surface area contributed by atoms with Crippen LogP contribution in [-0.4, -0.2) is 46.8 Å². The van der Waals surface area contributed by atoms with E-state index in [0.717, 1.165) is 37.9 Å². The van der Waals surface area contributed by atoms with Crippen molar-refractivity contribution in [2.45, 2.75) is 31.7 Å². The molecule has 2 aromatic rings. The molecule has 2 amide bonds. The number of rotatable bonds is 5. The second-order valence-corrected chi connectivity index (χ2v) is 6.60. The normalized spacial score (nSPS) is 17.5. The van der Waals surface area contributed by atoms with E-state index in [1.165, 1.54) is 0 Å². The Bertz CT molecular complexity index is 705. The molecule has 1 aromatic carbocycles. The van der Waals surface area contributed by atoms with Crippen LogP contribution in [0.15, 0.2) is 36.9 Å². The zero-order valence-corrected chi connectivity index (χ0v) is 15.1. The highest BCUT2D eigenvalue weighted by Gasteiger charge is 2.26. The van der Waals surface area contributed by atoms with E-state index >= 15 is 0 Å². The van der Waals surface area contributed by atoms with Gasteiger partial charge in [-0.2, -0.15) is 0 Å². The molecule has 1 aliphatic heterocycles. The number of aromatic nitrogens is 2. The van der Waals surface area contributed by atoms with Crippen LogP contribution in [0, 0.1) is 0 Å². The van der Waals surface area contributed by atoms with Crippen LogP contribution >= 0.6 is 11.6 Å². The maximum Gasteiger partial charge on any atom is 0.322 e. The molecule has 1 fully saturated rings. The summed E-state index contributed by atoms with van der Waals surface area (Å²) < 4.78 is 7.00. The van der Waals surface area contributed by atoms with Gasteiger partial charge in [0, 0.05) is 44.4 Å². The fourth-order valence-corrected chi connectivity index (χ4v) is 3.49. The fraction of sp³-hybridized carbons (Fsp3) is 0.444. The predicted octanol–water partition coefficient (Wildman–Crippen LogP) is 3.95. The van der Waals surface area contributed by atoms with Crippen LogP contribution in [-0.2, 0) is 4.74 Å². The van der Waals surface area contributed by atoms with Gasteiger partial charge in [0.25, 0.3) is 0 Å². The molecule has 1 atom stereocenters. The Morgan fingerprint density at radius 1 is 1.44 bits per heavy atom. The Hall–Kier alpha value is -2.05. The number of halogens is 1. The molecule has 25 heavy (non-hydrogen) atoms. The molecule has 0 saturated carbocycles. The van der Waals surface area contributed by atoms with E-state index in [2.05, 4.69) is 10.3 Å². The van der Waals surface area contributed by atoms with Crippen molar-refractivity contribution in [1.29, 1.82) is 0 Å². The van der Waals surface area contributed by atoms with E-state index in [0.29, 0.717) is 17.3 Å². The summed E-state index contributed by atoms with van der Waals surface area (Å²) in [4.78, 5) is 18.6. The first kappa shape index (κ1) is 17.8. The smallest absolute Gasteiger partial charge is 0.322 e. The van der Waals surface area contributed by atoms with Gasteiger partial charge in [-0.05, 0) is 43.9 Å². The first-order valence-electron chi connectivity index (χ1n) is 8.53. The lowest BCUT2D eigenvalue weighted by molar-refractivity contribution is 0.123. The number of imidazole rings is 1. The summed E-state index contributed by atoms with van der Waals surface area (Å²) in [7, 11) is 1.69. The number of methoxy groups -OCH3 is 1. The molecular weight excluding hydrogens is 340 g/mol. The van der Waals surface area contributed by atoms with Crippen molar-refractivity contribution < 1.29 is 9.53 Å². The molecule has 2 heterocycles. The van der Waals surface area contributed by atoms with Gasteiger partial charge in [-0.25, -0.2) is 9.78 Å². The van der Waals surface area contributed by atoms with Crippen LogP contribution in [0.2, 0.25) is 5.02 Å². The largest absolute Gasteiger partial charge is 0.385 e. The van der Waals surface area contributed by atoms with E-state index in [4.69, 9.17) is 16.3 Å². The van der Waals surface area contributed by atoms with Crippen LogP contribution in [0.3, 0.4) is 0 Å². The molecule has 0 bridgehead atoms. The van der Waals surface area contributed by atoms with E-state index in [1.807, 2.05) is 27.8 Å². The highest BCUT2D eigenvalue weighted by molar-refractivity contribution is 6.32. The maximum absolute atomic E-state index is 12.7. The van der Waals surface area contributed by atoms with Gasteiger partial charge >= 0.3 is 6.03 Å². The van der Waals surface area contributed by atoms with Crippen LogP contribution in [0.4, 0.5) is 10.5 Å². The van der Waals surface area contributed by atoms with Crippen molar-refractivity contribution in [3.63, 3.8) is 0 Å². The first-order valence-corrected chi connectivity index (χ1v) is 8.91. The molecule has 1 aromatic heterocycles. The minimum absolute atomic E-state index is 0.0766. The van der Waals surface area contributed by atoms with Gasteiger partial charge in [-0.15, -0.1) is 0 Å². The monoisotopic (exact) mass is 362 g/mol. The highest BCUT2D eigenvalue weighted by atomic mass is 35.5. The Kier molecular flexibility index (Phi) is 5.94. The Balaban J connectivity index is 1.68. The Morgan fingerprint density at radius 2 is 2.32 bits per heavy atom. The van der Waals surface area contributed by atoms with E-state index in [1.54, 1.807) is 25.7 Å². The topological polar surface area (TPSA) is 59.4 Å². The van der Waals surface area contributed by atoms with Gasteiger partial charge in [0.05, 0.1) is 17.0 Å². The number of piperidine rings is 1. The second-order valence-electron chi connectivity index (χ2n) is 6.19. The van der Waals surface area contributed by atoms with Crippen LogP contribution < -0.4 is 5.32 Å². The lowest BCUT2D eigenvalue weighted by Crippen LogP contribution is -2.46. The molecule has 0 radical (unpaired) electrons. The number of carbonyl (C=O) groups is 1. The van der Waals surface area contributed by atoms with Crippen molar-refractivity contribution in [3.8, 4) is 5.69 Å². The van der Waals surface area contributed by atoms with Crippen molar-refractivity contribution in [3.05, 3.63) is 41.9 Å². The van der Waals surface area contributed by atoms with Crippen molar-refractivity contribution >= 4 is 23.3 Å². The van der Waals surface area contributed by atoms with Crippen molar-refractivity contribution in [2.75, 3.05) is 25.6 Å². The molecule has 7 heteroatoms. The zero-order valence-electron chi connectivity index (χ0n) is 14.3. The summed E-state index contributed by atoms with van der Waals surface area (Å²) in [6.07, 6.45) is 9.30. The van der Waals surface area contributed by atoms with Crippen LogP contribution in [0.5, 0.6) is 0 Å². The van der Waals surface area contributed by atoms with Gasteiger partial charge < -0.3 is 19.5 Å². The number of carbonyl (C=O) groups excluding carboxylic acids is 1. The number of nitrogens with one attached hydrogen (secondary N) is 1. The lowest BCUT2D eigenvalue weighted by Gasteiger charge is -2.35. The van der Waals surface area contributed by atoms with E-state index in [-0.39, 0.29) is 12.1 Å². The number of urea groups is 1. The molecule has 134 valence electrons. The average Bonchev–Trinajstić information content (AvgIpc) is 3.14. The maximum atomic E-state index is 12.7. The summed E-state index contributed by atoms with van der Waals surface area (Å²) in [6.45, 7) is 1.45. The number of hydrogen-bond acceptors (Lipinski definition) is 3. The fourth-order valence-electron chi connectivity index (χ4n) is 3.21. The molecule has 1 unspecified atom stereocenters. The predicted molar refractivity (Wildman–Crippen MR) is 98.4 cm³/mol. The van der Waals surface area contributed by atoms with Gasteiger partial charge in [-0.1, -0.05) is 11.6 Å². The second kappa shape index (κ2) is 8.36. The summed E-state index contributed by atoms with van der Waals surface area (Å²) in [5, 5.41) is 3.53. The summed E-state index contributed by atoms with van der Waals surface area (Å²) in [5.41, 5.74) is 1.52. The quantitative estimate of drug-likeness (QED) is 0.876. The van der Waals surface area contributed by atoms with Crippen LogP contribution in [0.1, 0.15) is 25.7 Å². The number of nitrogens with zero attached hydrogens (tertiary/aromatic N) is 3. The minimum atomic E-state index is -0.0766. The van der Waals surface area contributed by atoms with Gasteiger partial charge in [0.15, 0.2) is 0 Å². The lowest BCUT2D eigenvalue weighted by atomic mass is 10.00. The zero-order chi connectivity index (χ0) is 17.6. The third kappa shape index (κ3) is 4.32. The minimum Gasteiger partial charge on any atom is -0.385 e. The summed E-state index contributed by atoms with van der Waals surface area (Å²) in [6, 6.07) is 5.65. The average molecular weight is 363 g/mol. The number of benzene rings is 1. The number of hydrogen-bond donors (Lipinski definition) is 1. The Morgan fingerprint density at radius 3 is 3.04 bits per heavy atom. The number of amides is 2. The summed E-state index contributed by atoms with van der Waals surface area (Å²) >= 11 is 6.36. The van der Waals surface area contributed by atoms with Gasteiger partial charge in [0.2, 0.25) is 0 Å². The molecular formula is C18H23ClN4O2. The molecule has 3 rings (SSSR count). The highest BCUT2D eigenvalue weighted by Crippen LogP contribution is 2.26. The molecule has 1 saturated heterocycles. The Labute approximate surface area is 152 Å². The number of anilines is 1. The molecule has 1 aliphatic rings. The van der Waals surface area contributed by atoms with E-state index < -0.39 is 0 Å². The number of likely N-dealkylation sites (tertiary alicyclic amines) is 1.